The Bertz CT molecular complexity index is 653. The quantitative estimate of drug-likeness (QED) is 0.726. The van der Waals surface area contributed by atoms with Crippen LogP contribution in [0.15, 0.2) is 27.4 Å². The Morgan fingerprint density at radius 3 is 2.94 bits per heavy atom. The number of nitrogens with zero attached hydrogens (tertiary/aromatic N) is 4. The lowest BCUT2D eigenvalue weighted by atomic mass is 10.3. The van der Waals surface area contributed by atoms with Gasteiger partial charge >= 0.3 is 0 Å². The zero-order chi connectivity index (χ0) is 12.5. The highest BCUT2D eigenvalue weighted by Crippen LogP contribution is 2.19. The number of hydrogen-bond donors (Lipinski definition) is 0. The minimum Gasteiger partial charge on any atom is -0.337 e. The summed E-state index contributed by atoms with van der Waals surface area (Å²) in [5.41, 5.74) is 3.07. The van der Waals surface area contributed by atoms with Gasteiger partial charge in [-0.15, -0.1) is 0 Å². The number of aryl methyl sites for hydroxylation is 2. The molecule has 3 aromatic heterocycles. The fourth-order valence-corrected chi connectivity index (χ4v) is 2.43. The first-order valence-electron chi connectivity index (χ1n) is 5.58. The largest absolute Gasteiger partial charge is 0.337 e. The highest BCUT2D eigenvalue weighted by molar-refractivity contribution is 7.08. The van der Waals surface area contributed by atoms with E-state index in [1.165, 1.54) is 0 Å². The van der Waals surface area contributed by atoms with Crippen LogP contribution in [-0.2, 0) is 6.54 Å². The summed E-state index contributed by atoms with van der Waals surface area (Å²) in [6, 6.07) is 4.00. The summed E-state index contributed by atoms with van der Waals surface area (Å²) >= 11 is 1.61. The fourth-order valence-electron chi connectivity index (χ4n) is 1.79. The van der Waals surface area contributed by atoms with Crippen LogP contribution in [-0.4, -0.2) is 19.9 Å². The van der Waals surface area contributed by atoms with E-state index >= 15 is 0 Å². The first-order valence-corrected chi connectivity index (χ1v) is 6.53. The molecule has 0 saturated heterocycles. The topological polar surface area (TPSA) is 56.7 Å². The standard InChI is InChI=1S/C12H12N4OS/c1-8-5-9(2)16(14-8)6-11-13-12(15-17-11)10-3-4-18-7-10/h3-5,7H,6H2,1-2H3. The van der Waals surface area contributed by atoms with Gasteiger partial charge in [0, 0.05) is 16.6 Å². The van der Waals surface area contributed by atoms with Gasteiger partial charge in [0.1, 0.15) is 6.54 Å². The lowest BCUT2D eigenvalue weighted by molar-refractivity contribution is 0.364. The van der Waals surface area contributed by atoms with Gasteiger partial charge in [0.25, 0.3) is 0 Å². The first-order chi connectivity index (χ1) is 8.72. The van der Waals surface area contributed by atoms with Crippen molar-refractivity contribution in [2.45, 2.75) is 20.4 Å². The molecule has 0 bridgehead atoms. The second-order valence-electron chi connectivity index (χ2n) is 4.11. The molecule has 5 nitrogen and oxygen atoms in total. The molecule has 0 aliphatic heterocycles. The monoisotopic (exact) mass is 260 g/mol. The maximum absolute atomic E-state index is 5.24. The molecule has 0 saturated carbocycles. The van der Waals surface area contributed by atoms with E-state index in [0.29, 0.717) is 18.3 Å². The van der Waals surface area contributed by atoms with Crippen LogP contribution in [0.5, 0.6) is 0 Å². The minimum absolute atomic E-state index is 0.511. The summed E-state index contributed by atoms with van der Waals surface area (Å²) in [6.07, 6.45) is 0. The molecule has 18 heavy (non-hydrogen) atoms. The zero-order valence-corrected chi connectivity index (χ0v) is 10.9. The molecule has 3 aromatic rings. The zero-order valence-electron chi connectivity index (χ0n) is 10.1. The molecule has 0 unspecified atom stereocenters. The van der Waals surface area contributed by atoms with Gasteiger partial charge in [0.2, 0.25) is 11.7 Å². The van der Waals surface area contributed by atoms with Crippen LogP contribution in [0.25, 0.3) is 11.4 Å². The lowest BCUT2D eigenvalue weighted by Crippen LogP contribution is -2.04. The molecule has 0 spiro atoms. The van der Waals surface area contributed by atoms with Crippen LogP contribution in [0, 0.1) is 13.8 Å². The molecule has 3 heterocycles. The third-order valence-corrected chi connectivity index (χ3v) is 3.32. The van der Waals surface area contributed by atoms with Crippen LogP contribution in [0.4, 0.5) is 0 Å². The van der Waals surface area contributed by atoms with Gasteiger partial charge in [0.15, 0.2) is 0 Å². The summed E-state index contributed by atoms with van der Waals surface area (Å²) in [6.45, 7) is 4.49. The Morgan fingerprint density at radius 2 is 2.28 bits per heavy atom. The van der Waals surface area contributed by atoms with Crippen molar-refractivity contribution in [2.75, 3.05) is 0 Å². The molecule has 0 amide bonds. The molecular formula is C12H12N4OS. The molecule has 0 fully saturated rings. The molecule has 0 radical (unpaired) electrons. The van der Waals surface area contributed by atoms with E-state index in [-0.39, 0.29) is 0 Å². The van der Waals surface area contributed by atoms with E-state index in [1.54, 1.807) is 11.3 Å². The van der Waals surface area contributed by atoms with Crippen molar-refractivity contribution in [2.24, 2.45) is 0 Å². The van der Waals surface area contributed by atoms with Crippen LogP contribution in [0.3, 0.4) is 0 Å². The predicted molar refractivity (Wildman–Crippen MR) is 68.4 cm³/mol. The van der Waals surface area contributed by atoms with E-state index < -0.39 is 0 Å². The third kappa shape index (κ3) is 2.06. The van der Waals surface area contributed by atoms with Gasteiger partial charge in [-0.2, -0.15) is 21.4 Å². The van der Waals surface area contributed by atoms with Gasteiger partial charge in [-0.1, -0.05) is 5.16 Å². The second-order valence-corrected chi connectivity index (χ2v) is 4.89. The van der Waals surface area contributed by atoms with Gasteiger partial charge in [-0.3, -0.25) is 4.68 Å². The highest BCUT2D eigenvalue weighted by atomic mass is 32.1. The van der Waals surface area contributed by atoms with E-state index in [1.807, 2.05) is 41.4 Å². The first kappa shape index (κ1) is 11.2. The summed E-state index contributed by atoms with van der Waals surface area (Å²) in [4.78, 5) is 4.37. The minimum atomic E-state index is 0.511. The van der Waals surface area contributed by atoms with Crippen LogP contribution in [0.2, 0.25) is 0 Å². The van der Waals surface area contributed by atoms with E-state index in [9.17, 15) is 0 Å². The Labute approximate surface area is 108 Å². The average molecular weight is 260 g/mol. The third-order valence-electron chi connectivity index (χ3n) is 2.64. The van der Waals surface area contributed by atoms with Crippen molar-refractivity contribution in [3.05, 3.63) is 40.2 Å². The van der Waals surface area contributed by atoms with E-state index in [0.717, 1.165) is 17.0 Å². The fraction of sp³-hybridized carbons (Fsp3) is 0.250. The molecule has 0 aromatic carbocycles. The molecule has 6 heteroatoms. The van der Waals surface area contributed by atoms with Crippen molar-refractivity contribution in [1.82, 2.24) is 19.9 Å². The predicted octanol–water partition coefficient (Wildman–Crippen LogP) is 2.66. The van der Waals surface area contributed by atoms with Crippen molar-refractivity contribution in [3.63, 3.8) is 0 Å². The van der Waals surface area contributed by atoms with E-state index in [4.69, 9.17) is 4.52 Å². The van der Waals surface area contributed by atoms with Crippen LogP contribution >= 0.6 is 11.3 Å². The summed E-state index contributed by atoms with van der Waals surface area (Å²) < 4.78 is 7.10. The van der Waals surface area contributed by atoms with Gasteiger partial charge in [0.05, 0.1) is 5.69 Å². The average Bonchev–Trinajstić information content (AvgIpc) is 3.02. The molecule has 3 rings (SSSR count). The maximum atomic E-state index is 5.24. The van der Waals surface area contributed by atoms with Gasteiger partial charge < -0.3 is 4.52 Å². The molecule has 0 atom stereocenters. The molecule has 92 valence electrons. The highest BCUT2D eigenvalue weighted by Gasteiger charge is 2.11. The van der Waals surface area contributed by atoms with Crippen molar-refractivity contribution in [3.8, 4) is 11.4 Å². The van der Waals surface area contributed by atoms with Crippen molar-refractivity contribution >= 4 is 11.3 Å². The molecule has 0 aliphatic rings. The Balaban J connectivity index is 1.84. The molecule has 0 N–H and O–H groups in total. The second kappa shape index (κ2) is 4.38. The summed E-state index contributed by atoms with van der Waals surface area (Å²) in [5, 5.41) is 12.3. The van der Waals surface area contributed by atoms with Crippen LogP contribution in [0.1, 0.15) is 17.3 Å². The molecular weight excluding hydrogens is 248 g/mol. The van der Waals surface area contributed by atoms with E-state index in [2.05, 4.69) is 15.2 Å². The summed E-state index contributed by atoms with van der Waals surface area (Å²) in [7, 11) is 0. The lowest BCUT2D eigenvalue weighted by Gasteiger charge is -1.98. The number of rotatable bonds is 3. The normalized spacial score (nSPS) is 11.0. The maximum Gasteiger partial charge on any atom is 0.248 e. The Hall–Kier alpha value is -1.95. The molecule has 0 aliphatic carbocycles. The smallest absolute Gasteiger partial charge is 0.248 e. The Morgan fingerprint density at radius 1 is 1.39 bits per heavy atom. The van der Waals surface area contributed by atoms with Gasteiger partial charge in [-0.25, -0.2) is 0 Å². The van der Waals surface area contributed by atoms with Crippen molar-refractivity contribution in [1.29, 1.82) is 0 Å². The van der Waals surface area contributed by atoms with Crippen molar-refractivity contribution < 1.29 is 4.52 Å². The number of hydrogen-bond acceptors (Lipinski definition) is 5. The number of aromatic nitrogens is 4. The SMILES string of the molecule is Cc1cc(C)n(Cc2nc(-c3ccsc3)no2)n1. The summed E-state index contributed by atoms with van der Waals surface area (Å²) in [5.74, 6) is 1.20. The number of thiophene rings is 1. The Kier molecular flexibility index (Phi) is 2.71. The van der Waals surface area contributed by atoms with Gasteiger partial charge in [-0.05, 0) is 31.4 Å². The van der Waals surface area contributed by atoms with Crippen LogP contribution < -0.4 is 0 Å².